The molecule has 3 rings (SSSR count). The molecular formula is C23H31N5O4S. The fourth-order valence-electron chi connectivity index (χ4n) is 3.51. The first-order chi connectivity index (χ1) is 15.8. The van der Waals surface area contributed by atoms with Crippen molar-refractivity contribution in [3.63, 3.8) is 0 Å². The SMILES string of the molecule is Cc1ccccc1C(=O)NC(CC(C)C)C(=O)NNC(=O)c1sc(N2CCOCC2)nc1C. The lowest BCUT2D eigenvalue weighted by Crippen LogP contribution is -2.52. The van der Waals surface area contributed by atoms with E-state index >= 15 is 0 Å². The second-order valence-corrected chi connectivity index (χ2v) is 9.40. The van der Waals surface area contributed by atoms with Crippen LogP contribution < -0.4 is 21.1 Å². The number of nitrogens with one attached hydrogen (secondary N) is 3. The highest BCUT2D eigenvalue weighted by molar-refractivity contribution is 7.17. The topological polar surface area (TPSA) is 113 Å². The Kier molecular flexibility index (Phi) is 8.40. The van der Waals surface area contributed by atoms with Gasteiger partial charge in [-0.2, -0.15) is 0 Å². The molecule has 0 radical (unpaired) electrons. The van der Waals surface area contributed by atoms with Gasteiger partial charge in [-0.15, -0.1) is 0 Å². The third-order valence-electron chi connectivity index (χ3n) is 5.29. The molecule has 0 bridgehead atoms. The zero-order valence-electron chi connectivity index (χ0n) is 19.4. The van der Waals surface area contributed by atoms with Gasteiger partial charge in [0.05, 0.1) is 18.9 Å². The van der Waals surface area contributed by atoms with Crippen LogP contribution in [0.4, 0.5) is 5.13 Å². The number of nitrogens with zero attached hydrogens (tertiary/aromatic N) is 2. The first-order valence-electron chi connectivity index (χ1n) is 11.0. The van der Waals surface area contributed by atoms with E-state index in [-0.39, 0.29) is 11.8 Å². The van der Waals surface area contributed by atoms with Crippen molar-refractivity contribution < 1.29 is 19.1 Å². The summed E-state index contributed by atoms with van der Waals surface area (Å²) in [5.41, 5.74) is 6.87. The number of rotatable bonds is 7. The number of hydrogen-bond acceptors (Lipinski definition) is 7. The van der Waals surface area contributed by atoms with Crippen LogP contribution in [0.25, 0.3) is 0 Å². The molecular weight excluding hydrogens is 442 g/mol. The van der Waals surface area contributed by atoms with E-state index in [1.165, 1.54) is 11.3 Å². The number of anilines is 1. The van der Waals surface area contributed by atoms with Gasteiger partial charge in [0.15, 0.2) is 5.13 Å². The predicted molar refractivity (Wildman–Crippen MR) is 127 cm³/mol. The number of carbonyl (C=O) groups is 3. The van der Waals surface area contributed by atoms with Crippen LogP contribution in [0.2, 0.25) is 0 Å². The Morgan fingerprint density at radius 2 is 1.79 bits per heavy atom. The van der Waals surface area contributed by atoms with Gasteiger partial charge in [-0.05, 0) is 37.8 Å². The van der Waals surface area contributed by atoms with Crippen molar-refractivity contribution in [1.82, 2.24) is 21.2 Å². The van der Waals surface area contributed by atoms with Crippen molar-refractivity contribution in [3.8, 4) is 0 Å². The number of thiazole rings is 1. The lowest BCUT2D eigenvalue weighted by atomic mass is 10.0. The van der Waals surface area contributed by atoms with E-state index in [1.807, 2.05) is 32.9 Å². The van der Waals surface area contributed by atoms with Gasteiger partial charge >= 0.3 is 0 Å². The minimum atomic E-state index is -0.788. The summed E-state index contributed by atoms with van der Waals surface area (Å²) in [6, 6.07) is 6.41. The number of aryl methyl sites for hydroxylation is 2. The van der Waals surface area contributed by atoms with E-state index in [2.05, 4.69) is 26.1 Å². The summed E-state index contributed by atoms with van der Waals surface area (Å²) in [5.74, 6) is -1.08. The smallest absolute Gasteiger partial charge is 0.281 e. The lowest BCUT2D eigenvalue weighted by molar-refractivity contribution is -0.124. The Morgan fingerprint density at radius 3 is 2.45 bits per heavy atom. The zero-order chi connectivity index (χ0) is 24.0. The summed E-state index contributed by atoms with van der Waals surface area (Å²) >= 11 is 1.28. The number of ether oxygens (including phenoxy) is 1. The molecule has 1 aromatic carbocycles. The number of benzene rings is 1. The Hall–Kier alpha value is -2.98. The molecule has 0 saturated carbocycles. The van der Waals surface area contributed by atoms with Crippen molar-refractivity contribution in [2.24, 2.45) is 5.92 Å². The standard InChI is InChI=1S/C23H31N5O4S/c1-14(2)13-18(25-20(29)17-8-6-5-7-15(17)3)21(30)26-27-22(31)19-16(4)24-23(33-19)28-9-11-32-12-10-28/h5-8,14,18H,9-13H2,1-4H3,(H,25,29)(H,26,30)(H,27,31). The van der Waals surface area contributed by atoms with Gasteiger partial charge in [-0.1, -0.05) is 43.4 Å². The van der Waals surface area contributed by atoms with Gasteiger partial charge in [0.2, 0.25) is 0 Å². The van der Waals surface area contributed by atoms with E-state index in [9.17, 15) is 14.4 Å². The first kappa shape index (κ1) is 24.7. The first-order valence-corrected chi connectivity index (χ1v) is 11.8. The number of morpholine rings is 1. The van der Waals surface area contributed by atoms with Crippen LogP contribution in [-0.4, -0.2) is 55.1 Å². The fraction of sp³-hybridized carbons (Fsp3) is 0.478. The van der Waals surface area contributed by atoms with E-state index in [0.29, 0.717) is 35.8 Å². The maximum absolute atomic E-state index is 12.8. The van der Waals surface area contributed by atoms with Gasteiger partial charge in [-0.3, -0.25) is 25.2 Å². The molecule has 1 saturated heterocycles. The molecule has 1 unspecified atom stereocenters. The second-order valence-electron chi connectivity index (χ2n) is 8.42. The number of amides is 3. The molecule has 1 aliphatic heterocycles. The molecule has 1 atom stereocenters. The van der Waals surface area contributed by atoms with Crippen LogP contribution in [0.15, 0.2) is 24.3 Å². The maximum atomic E-state index is 12.8. The number of hydrazine groups is 1. The highest BCUT2D eigenvalue weighted by atomic mass is 32.1. The average molecular weight is 474 g/mol. The molecule has 1 aliphatic rings. The van der Waals surface area contributed by atoms with Crippen LogP contribution in [-0.2, 0) is 9.53 Å². The predicted octanol–water partition coefficient (Wildman–Crippen LogP) is 2.20. The molecule has 33 heavy (non-hydrogen) atoms. The van der Waals surface area contributed by atoms with Gasteiger partial charge in [0, 0.05) is 18.7 Å². The van der Waals surface area contributed by atoms with E-state index in [4.69, 9.17) is 4.74 Å². The molecule has 178 valence electrons. The highest BCUT2D eigenvalue weighted by Crippen LogP contribution is 2.26. The van der Waals surface area contributed by atoms with Crippen LogP contribution in [0.1, 0.15) is 51.6 Å². The van der Waals surface area contributed by atoms with Crippen LogP contribution in [0.3, 0.4) is 0 Å². The molecule has 9 nitrogen and oxygen atoms in total. The second kappa shape index (κ2) is 11.2. The maximum Gasteiger partial charge on any atom is 0.281 e. The van der Waals surface area contributed by atoms with Crippen molar-refractivity contribution in [2.75, 3.05) is 31.2 Å². The summed E-state index contributed by atoms with van der Waals surface area (Å²) in [6.45, 7) is 10.2. The van der Waals surface area contributed by atoms with Gasteiger partial charge in [-0.25, -0.2) is 4.98 Å². The number of aromatic nitrogens is 1. The van der Waals surface area contributed by atoms with Crippen molar-refractivity contribution in [2.45, 2.75) is 40.2 Å². The summed E-state index contributed by atoms with van der Waals surface area (Å²) in [7, 11) is 0. The summed E-state index contributed by atoms with van der Waals surface area (Å²) in [4.78, 5) is 45.3. The molecule has 10 heteroatoms. The average Bonchev–Trinajstić information content (AvgIpc) is 3.19. The van der Waals surface area contributed by atoms with Crippen LogP contribution in [0.5, 0.6) is 0 Å². The summed E-state index contributed by atoms with van der Waals surface area (Å²) in [5, 5.41) is 3.56. The van der Waals surface area contributed by atoms with Crippen molar-refractivity contribution in [1.29, 1.82) is 0 Å². The molecule has 3 amide bonds. The van der Waals surface area contributed by atoms with Crippen molar-refractivity contribution >= 4 is 34.2 Å². The number of carbonyl (C=O) groups excluding carboxylic acids is 3. The Bertz CT molecular complexity index is 1000. The van der Waals surface area contributed by atoms with E-state index < -0.39 is 17.9 Å². The largest absolute Gasteiger partial charge is 0.378 e. The van der Waals surface area contributed by atoms with E-state index in [0.717, 1.165) is 23.8 Å². The molecule has 2 heterocycles. The number of hydrogen-bond donors (Lipinski definition) is 3. The van der Waals surface area contributed by atoms with E-state index in [1.54, 1.807) is 19.1 Å². The minimum absolute atomic E-state index is 0.161. The van der Waals surface area contributed by atoms with Crippen molar-refractivity contribution in [3.05, 3.63) is 46.0 Å². The zero-order valence-corrected chi connectivity index (χ0v) is 20.3. The monoisotopic (exact) mass is 473 g/mol. The summed E-state index contributed by atoms with van der Waals surface area (Å²) < 4.78 is 5.36. The van der Waals surface area contributed by atoms with Gasteiger partial charge in [0.25, 0.3) is 17.7 Å². The van der Waals surface area contributed by atoms with Gasteiger partial charge < -0.3 is 15.0 Å². The molecule has 2 aromatic rings. The van der Waals surface area contributed by atoms with Crippen LogP contribution in [0, 0.1) is 19.8 Å². The normalized spacial score (nSPS) is 14.6. The molecule has 1 aromatic heterocycles. The lowest BCUT2D eigenvalue weighted by Gasteiger charge is -2.26. The molecule has 0 spiro atoms. The molecule has 1 fully saturated rings. The Morgan fingerprint density at radius 1 is 1.09 bits per heavy atom. The Labute approximate surface area is 197 Å². The fourth-order valence-corrected chi connectivity index (χ4v) is 4.53. The molecule has 0 aliphatic carbocycles. The minimum Gasteiger partial charge on any atom is -0.378 e. The third kappa shape index (κ3) is 6.52. The molecule has 3 N–H and O–H groups in total. The summed E-state index contributed by atoms with van der Waals surface area (Å²) in [6.07, 6.45) is 0.431. The highest BCUT2D eigenvalue weighted by Gasteiger charge is 2.25. The van der Waals surface area contributed by atoms with Crippen LogP contribution >= 0.6 is 11.3 Å². The Balaban J connectivity index is 1.62. The third-order valence-corrected chi connectivity index (χ3v) is 6.51. The quantitative estimate of drug-likeness (QED) is 0.532. The van der Waals surface area contributed by atoms with Gasteiger partial charge in [0.1, 0.15) is 10.9 Å².